The van der Waals surface area contributed by atoms with E-state index in [-0.39, 0.29) is 30.0 Å². The van der Waals surface area contributed by atoms with Crippen molar-refractivity contribution in [1.29, 1.82) is 0 Å². The quantitative estimate of drug-likeness (QED) is 0.341. The Kier molecular flexibility index (Phi) is 9.18. The van der Waals surface area contributed by atoms with E-state index in [1.54, 1.807) is 7.05 Å². The summed E-state index contributed by atoms with van der Waals surface area (Å²) in [6.07, 6.45) is -3.19. The fraction of sp³-hybridized carbons (Fsp3) is 0.588. The highest BCUT2D eigenvalue weighted by atomic mass is 127. The summed E-state index contributed by atoms with van der Waals surface area (Å²) in [5, 5.41) is 12.3. The Bertz CT molecular complexity index is 799. The second-order valence-electron chi connectivity index (χ2n) is 6.40. The Morgan fingerprint density at radius 3 is 2.54 bits per heavy atom. The first-order valence-corrected chi connectivity index (χ1v) is 9.47. The Hall–Kier alpha value is -1.37. The first kappa shape index (κ1) is 24.7. The number of alkyl halides is 3. The summed E-state index contributed by atoms with van der Waals surface area (Å²) < 4.78 is 39.6. The Morgan fingerprint density at radius 2 is 2.04 bits per heavy atom. The molecule has 11 heteroatoms. The zero-order valence-electron chi connectivity index (χ0n) is 16.5. The van der Waals surface area contributed by atoms with Crippen LogP contribution in [0.2, 0.25) is 0 Å². The highest BCUT2D eigenvalue weighted by molar-refractivity contribution is 14.0. The minimum Gasteiger partial charge on any atom is -0.356 e. The number of aliphatic imine (C=N–C) groups is 1. The van der Waals surface area contributed by atoms with Gasteiger partial charge in [0, 0.05) is 44.2 Å². The number of hydrogen-bond acceptors (Lipinski definition) is 4. The van der Waals surface area contributed by atoms with E-state index >= 15 is 0 Å². The van der Waals surface area contributed by atoms with E-state index < -0.39 is 11.9 Å². The number of guanidine groups is 1. The standard InChI is InChI=1S/C17H25F3N6S.HI/c1-10(8-13-11(2)25-26(5)12(13)3)23-16(21-4)22-7-6-15-24-14(9-27-15)17(18,19)20;/h9-10H,6-8H2,1-5H3,(H2,21,22,23);1H. The summed E-state index contributed by atoms with van der Waals surface area (Å²) >= 11 is 1.02. The lowest BCUT2D eigenvalue weighted by Gasteiger charge is -2.18. The molecule has 6 nitrogen and oxygen atoms in total. The molecule has 2 N–H and O–H groups in total. The third kappa shape index (κ3) is 6.61. The second kappa shape index (κ2) is 10.4. The van der Waals surface area contributed by atoms with Gasteiger partial charge in [-0.2, -0.15) is 18.3 Å². The van der Waals surface area contributed by atoms with Crippen molar-refractivity contribution < 1.29 is 13.2 Å². The number of nitrogens with one attached hydrogen (secondary N) is 2. The third-order valence-electron chi connectivity index (χ3n) is 4.25. The van der Waals surface area contributed by atoms with E-state index in [4.69, 9.17) is 0 Å². The van der Waals surface area contributed by atoms with Gasteiger partial charge in [-0.05, 0) is 32.8 Å². The van der Waals surface area contributed by atoms with Crippen LogP contribution < -0.4 is 10.6 Å². The van der Waals surface area contributed by atoms with Crippen molar-refractivity contribution in [3.63, 3.8) is 0 Å². The number of aryl methyl sites for hydroxylation is 2. The van der Waals surface area contributed by atoms with Crippen molar-refractivity contribution in [1.82, 2.24) is 25.4 Å². The van der Waals surface area contributed by atoms with Crippen LogP contribution in [0.3, 0.4) is 0 Å². The summed E-state index contributed by atoms with van der Waals surface area (Å²) in [5.74, 6) is 0.606. The molecule has 2 rings (SSSR count). The largest absolute Gasteiger partial charge is 0.434 e. The molecule has 28 heavy (non-hydrogen) atoms. The van der Waals surface area contributed by atoms with Gasteiger partial charge in [0.15, 0.2) is 11.7 Å². The fourth-order valence-corrected chi connectivity index (χ4v) is 3.55. The molecule has 1 unspecified atom stereocenters. The Labute approximate surface area is 184 Å². The number of thiazole rings is 1. The van der Waals surface area contributed by atoms with Crippen LogP contribution in [0.4, 0.5) is 13.2 Å². The van der Waals surface area contributed by atoms with Crippen molar-refractivity contribution >= 4 is 41.3 Å². The smallest absolute Gasteiger partial charge is 0.356 e. The van der Waals surface area contributed by atoms with Gasteiger partial charge >= 0.3 is 6.18 Å². The molecular weight excluding hydrogens is 504 g/mol. The van der Waals surface area contributed by atoms with E-state index in [0.29, 0.717) is 23.9 Å². The average Bonchev–Trinajstić information content (AvgIpc) is 3.15. The van der Waals surface area contributed by atoms with Gasteiger partial charge in [0.1, 0.15) is 0 Å². The van der Waals surface area contributed by atoms with Gasteiger partial charge in [0.2, 0.25) is 0 Å². The van der Waals surface area contributed by atoms with Gasteiger partial charge < -0.3 is 10.6 Å². The van der Waals surface area contributed by atoms with E-state index in [1.807, 2.05) is 25.6 Å². The van der Waals surface area contributed by atoms with Crippen LogP contribution in [0.25, 0.3) is 0 Å². The summed E-state index contributed by atoms with van der Waals surface area (Å²) in [4.78, 5) is 7.80. The summed E-state index contributed by atoms with van der Waals surface area (Å²) in [6.45, 7) is 6.53. The van der Waals surface area contributed by atoms with Gasteiger partial charge in [-0.15, -0.1) is 35.3 Å². The highest BCUT2D eigenvalue weighted by Crippen LogP contribution is 2.30. The predicted octanol–water partition coefficient (Wildman–Crippen LogP) is 3.47. The molecule has 0 aliphatic carbocycles. The summed E-state index contributed by atoms with van der Waals surface area (Å²) in [5.41, 5.74) is 2.51. The average molecular weight is 530 g/mol. The number of hydrogen-bond donors (Lipinski definition) is 2. The monoisotopic (exact) mass is 530 g/mol. The van der Waals surface area contributed by atoms with Crippen molar-refractivity contribution in [3.05, 3.63) is 33.0 Å². The molecule has 0 saturated heterocycles. The number of halogens is 4. The predicted molar refractivity (Wildman–Crippen MR) is 117 cm³/mol. The number of nitrogens with zero attached hydrogens (tertiary/aromatic N) is 4. The van der Waals surface area contributed by atoms with Crippen molar-refractivity contribution in [3.8, 4) is 0 Å². The first-order chi connectivity index (χ1) is 12.6. The molecule has 2 aromatic rings. The van der Waals surface area contributed by atoms with E-state index in [0.717, 1.165) is 34.5 Å². The highest BCUT2D eigenvalue weighted by Gasteiger charge is 2.33. The lowest BCUT2D eigenvalue weighted by Crippen LogP contribution is -2.43. The maximum Gasteiger partial charge on any atom is 0.434 e. The lowest BCUT2D eigenvalue weighted by atomic mass is 10.1. The van der Waals surface area contributed by atoms with Crippen molar-refractivity contribution in [2.45, 2.75) is 45.8 Å². The van der Waals surface area contributed by atoms with Crippen LogP contribution in [0.15, 0.2) is 10.4 Å². The number of aromatic nitrogens is 3. The maximum absolute atomic E-state index is 12.6. The maximum atomic E-state index is 12.6. The molecule has 2 aromatic heterocycles. The zero-order valence-corrected chi connectivity index (χ0v) is 19.7. The molecule has 0 bridgehead atoms. The normalized spacial score (nSPS) is 13.2. The van der Waals surface area contributed by atoms with Gasteiger partial charge in [0.05, 0.1) is 10.7 Å². The lowest BCUT2D eigenvalue weighted by molar-refractivity contribution is -0.140. The molecule has 0 fully saturated rings. The summed E-state index contributed by atoms with van der Waals surface area (Å²) in [7, 11) is 3.58. The second-order valence-corrected chi connectivity index (χ2v) is 7.34. The van der Waals surface area contributed by atoms with Gasteiger partial charge in [-0.1, -0.05) is 0 Å². The van der Waals surface area contributed by atoms with Crippen LogP contribution in [-0.4, -0.2) is 40.4 Å². The Morgan fingerprint density at radius 1 is 1.36 bits per heavy atom. The van der Waals surface area contributed by atoms with Gasteiger partial charge in [-0.3, -0.25) is 9.67 Å². The minimum atomic E-state index is -4.39. The van der Waals surface area contributed by atoms with Gasteiger partial charge in [0.25, 0.3) is 0 Å². The molecule has 2 heterocycles. The number of rotatable bonds is 6. The van der Waals surface area contributed by atoms with Crippen LogP contribution in [0, 0.1) is 13.8 Å². The molecule has 0 radical (unpaired) electrons. The van der Waals surface area contributed by atoms with E-state index in [9.17, 15) is 13.2 Å². The topological polar surface area (TPSA) is 67.1 Å². The van der Waals surface area contributed by atoms with Gasteiger partial charge in [-0.25, -0.2) is 4.98 Å². The molecule has 0 aliphatic rings. The van der Waals surface area contributed by atoms with Crippen LogP contribution in [0.5, 0.6) is 0 Å². The minimum absolute atomic E-state index is 0. The van der Waals surface area contributed by atoms with E-state index in [1.165, 1.54) is 5.56 Å². The molecule has 0 amide bonds. The van der Waals surface area contributed by atoms with Crippen LogP contribution >= 0.6 is 35.3 Å². The van der Waals surface area contributed by atoms with Crippen molar-refractivity contribution in [2.24, 2.45) is 12.0 Å². The zero-order chi connectivity index (χ0) is 20.2. The first-order valence-electron chi connectivity index (χ1n) is 8.59. The van der Waals surface area contributed by atoms with Crippen LogP contribution in [-0.2, 0) is 26.1 Å². The third-order valence-corrected chi connectivity index (χ3v) is 5.16. The van der Waals surface area contributed by atoms with E-state index in [2.05, 4.69) is 32.6 Å². The molecule has 0 aromatic carbocycles. The molecule has 0 spiro atoms. The molecule has 1 atom stereocenters. The SMILES string of the molecule is CN=C(NCCc1nc(C(F)(F)F)cs1)NC(C)Cc1c(C)nn(C)c1C.I. The van der Waals surface area contributed by atoms with Crippen LogP contribution in [0.1, 0.15) is 34.6 Å². The Balaban J connectivity index is 0.00000392. The molecular formula is C17H26F3IN6S. The summed E-state index contributed by atoms with van der Waals surface area (Å²) in [6, 6.07) is 0.120. The molecule has 0 saturated carbocycles. The molecule has 158 valence electrons. The molecule has 0 aliphatic heterocycles. The van der Waals surface area contributed by atoms with Crippen molar-refractivity contribution in [2.75, 3.05) is 13.6 Å². The fourth-order valence-electron chi connectivity index (χ4n) is 2.74.